The summed E-state index contributed by atoms with van der Waals surface area (Å²) in [4.78, 5) is 14.7. The van der Waals surface area contributed by atoms with Crippen LogP contribution < -0.4 is 15.4 Å². The molecule has 2 N–H and O–H groups in total. The Bertz CT molecular complexity index is 1090. The molecule has 3 aromatic rings. The van der Waals surface area contributed by atoms with Gasteiger partial charge in [-0.15, -0.1) is 11.3 Å². The number of allylic oxidation sites excluding steroid dienone is 1. The number of ketones is 1. The largest absolute Gasteiger partial charge is 0.496 e. The number of benzene rings is 2. The van der Waals surface area contributed by atoms with Crippen LogP contribution in [-0.2, 0) is 4.79 Å². The van der Waals surface area contributed by atoms with E-state index in [-0.39, 0.29) is 17.7 Å². The molecule has 0 saturated heterocycles. The van der Waals surface area contributed by atoms with Gasteiger partial charge in [-0.1, -0.05) is 36.4 Å². The van der Waals surface area contributed by atoms with Gasteiger partial charge in [-0.05, 0) is 36.1 Å². The maximum Gasteiger partial charge on any atom is 0.163 e. The number of nitrogens with one attached hydrogen (secondary N) is 2. The third-order valence-electron chi connectivity index (χ3n) is 5.70. The molecule has 29 heavy (non-hydrogen) atoms. The number of thiophene rings is 1. The molecule has 1 aliphatic carbocycles. The zero-order chi connectivity index (χ0) is 19.8. The molecule has 0 radical (unpaired) electrons. The second-order valence-electron chi connectivity index (χ2n) is 7.43. The molecular weight excluding hydrogens is 380 g/mol. The van der Waals surface area contributed by atoms with E-state index in [1.54, 1.807) is 18.4 Å². The second-order valence-corrected chi connectivity index (χ2v) is 8.41. The topological polar surface area (TPSA) is 50.4 Å². The highest BCUT2D eigenvalue weighted by Crippen LogP contribution is 2.46. The lowest BCUT2D eigenvalue weighted by molar-refractivity contribution is -0.116. The lowest BCUT2D eigenvalue weighted by Gasteiger charge is -2.29. The minimum Gasteiger partial charge on any atom is -0.496 e. The molecule has 0 amide bonds. The Labute approximate surface area is 174 Å². The normalized spacial score (nSPS) is 20.8. The van der Waals surface area contributed by atoms with Crippen molar-refractivity contribution in [2.75, 3.05) is 17.7 Å². The maximum atomic E-state index is 13.4. The molecule has 1 aromatic heterocycles. The van der Waals surface area contributed by atoms with E-state index in [1.165, 1.54) is 4.88 Å². The van der Waals surface area contributed by atoms with Crippen LogP contribution in [0.15, 0.2) is 77.3 Å². The van der Waals surface area contributed by atoms with E-state index in [0.717, 1.165) is 40.4 Å². The Hall–Kier alpha value is -3.05. The van der Waals surface area contributed by atoms with Crippen molar-refractivity contribution < 1.29 is 9.53 Å². The van der Waals surface area contributed by atoms with Gasteiger partial charge in [-0.3, -0.25) is 4.79 Å². The zero-order valence-electron chi connectivity index (χ0n) is 16.1. The minimum atomic E-state index is -0.255. The smallest absolute Gasteiger partial charge is 0.163 e. The molecule has 0 unspecified atom stereocenters. The van der Waals surface area contributed by atoms with Crippen LogP contribution in [0.4, 0.5) is 11.4 Å². The molecular formula is C24H22N2O2S. The first-order chi connectivity index (χ1) is 14.2. The van der Waals surface area contributed by atoms with Crippen molar-refractivity contribution in [2.45, 2.75) is 24.8 Å². The van der Waals surface area contributed by atoms with Crippen LogP contribution >= 0.6 is 11.3 Å². The molecule has 2 atom stereocenters. The monoisotopic (exact) mass is 402 g/mol. The third kappa shape index (κ3) is 3.21. The Balaban J connectivity index is 1.65. The van der Waals surface area contributed by atoms with Crippen molar-refractivity contribution in [1.29, 1.82) is 0 Å². The van der Waals surface area contributed by atoms with Crippen molar-refractivity contribution in [3.05, 3.63) is 87.8 Å². The number of rotatable bonds is 3. The summed E-state index contributed by atoms with van der Waals surface area (Å²) < 4.78 is 5.63. The van der Waals surface area contributed by atoms with Crippen molar-refractivity contribution in [1.82, 2.24) is 0 Å². The SMILES string of the molecule is COc1ccccc1[C@H]1Nc2ccccc2NC2=C1C(=O)C[C@@H](c1cccs1)C2. The molecule has 0 saturated carbocycles. The Morgan fingerprint density at radius 2 is 1.76 bits per heavy atom. The molecule has 0 spiro atoms. The van der Waals surface area contributed by atoms with Gasteiger partial charge in [0.15, 0.2) is 5.78 Å². The highest BCUT2D eigenvalue weighted by Gasteiger charge is 2.37. The number of methoxy groups -OCH3 is 1. The summed E-state index contributed by atoms with van der Waals surface area (Å²) in [6.45, 7) is 0. The van der Waals surface area contributed by atoms with E-state index in [4.69, 9.17) is 4.74 Å². The number of ether oxygens (including phenoxy) is 1. The van der Waals surface area contributed by atoms with E-state index >= 15 is 0 Å². The molecule has 2 aliphatic rings. The van der Waals surface area contributed by atoms with Crippen LogP contribution in [0.1, 0.15) is 35.2 Å². The summed E-state index contributed by atoms with van der Waals surface area (Å²) in [6, 6.07) is 20.0. The summed E-state index contributed by atoms with van der Waals surface area (Å²) in [5, 5.41) is 9.27. The van der Waals surface area contributed by atoms with E-state index in [2.05, 4.69) is 34.2 Å². The second kappa shape index (κ2) is 7.41. The molecule has 1 aliphatic heterocycles. The number of carbonyl (C=O) groups is 1. The molecule has 0 fully saturated rings. The zero-order valence-corrected chi connectivity index (χ0v) is 17.0. The summed E-state index contributed by atoms with van der Waals surface area (Å²) in [6.07, 6.45) is 1.36. The van der Waals surface area contributed by atoms with Gasteiger partial charge in [0.25, 0.3) is 0 Å². The van der Waals surface area contributed by atoms with Crippen LogP contribution in [0.2, 0.25) is 0 Å². The number of carbonyl (C=O) groups excluding carboxylic acids is 1. The summed E-state index contributed by atoms with van der Waals surface area (Å²) in [5.41, 5.74) is 4.78. The van der Waals surface area contributed by atoms with Gasteiger partial charge in [0.2, 0.25) is 0 Å². The molecule has 5 rings (SSSR count). The van der Waals surface area contributed by atoms with Crippen LogP contribution in [0.25, 0.3) is 0 Å². The van der Waals surface area contributed by atoms with Crippen LogP contribution in [-0.4, -0.2) is 12.9 Å². The van der Waals surface area contributed by atoms with Gasteiger partial charge in [-0.25, -0.2) is 0 Å². The van der Waals surface area contributed by atoms with E-state index in [9.17, 15) is 4.79 Å². The van der Waals surface area contributed by atoms with E-state index < -0.39 is 0 Å². The predicted molar refractivity (Wildman–Crippen MR) is 118 cm³/mol. The van der Waals surface area contributed by atoms with Crippen molar-refractivity contribution in [3.63, 3.8) is 0 Å². The molecule has 4 nitrogen and oxygen atoms in total. The van der Waals surface area contributed by atoms with Crippen LogP contribution in [0.5, 0.6) is 5.75 Å². The fraction of sp³-hybridized carbons (Fsp3) is 0.208. The average molecular weight is 403 g/mol. The van der Waals surface area contributed by atoms with Gasteiger partial charge >= 0.3 is 0 Å². The fourth-order valence-corrected chi connectivity index (χ4v) is 5.19. The first-order valence-corrected chi connectivity index (χ1v) is 10.7. The molecule has 0 bridgehead atoms. The number of anilines is 2. The lowest BCUT2D eigenvalue weighted by atomic mass is 9.80. The van der Waals surface area contributed by atoms with Crippen molar-refractivity contribution in [3.8, 4) is 5.75 Å². The molecule has 146 valence electrons. The average Bonchev–Trinajstić information content (AvgIpc) is 3.23. The van der Waals surface area contributed by atoms with Crippen LogP contribution in [0.3, 0.4) is 0 Å². The van der Waals surface area contributed by atoms with E-state index in [0.29, 0.717) is 6.42 Å². The van der Waals surface area contributed by atoms with Gasteiger partial charge < -0.3 is 15.4 Å². The molecule has 2 aromatic carbocycles. The highest BCUT2D eigenvalue weighted by atomic mass is 32.1. The first-order valence-electron chi connectivity index (χ1n) is 9.79. The first kappa shape index (κ1) is 18.0. The fourth-order valence-electron chi connectivity index (χ4n) is 4.36. The Morgan fingerprint density at radius 1 is 0.966 bits per heavy atom. The van der Waals surface area contributed by atoms with Crippen molar-refractivity contribution >= 4 is 28.5 Å². The number of fused-ring (bicyclic) bond motifs is 1. The minimum absolute atomic E-state index is 0.188. The quantitative estimate of drug-likeness (QED) is 0.587. The molecule has 2 heterocycles. The summed E-state index contributed by atoms with van der Waals surface area (Å²) in [7, 11) is 1.67. The van der Waals surface area contributed by atoms with Gasteiger partial charge in [0.1, 0.15) is 5.75 Å². The van der Waals surface area contributed by atoms with Crippen LogP contribution in [0, 0.1) is 0 Å². The maximum absolute atomic E-state index is 13.4. The lowest BCUT2D eigenvalue weighted by Crippen LogP contribution is -2.26. The number of hydrogen-bond acceptors (Lipinski definition) is 5. The number of Topliss-reactive ketones (excluding diaryl/α,β-unsaturated/α-hetero) is 1. The van der Waals surface area contributed by atoms with E-state index in [1.807, 2.05) is 42.5 Å². The molecule has 5 heteroatoms. The highest BCUT2D eigenvalue weighted by molar-refractivity contribution is 7.10. The van der Waals surface area contributed by atoms with Gasteiger partial charge in [0.05, 0.1) is 24.5 Å². The van der Waals surface area contributed by atoms with Gasteiger partial charge in [0, 0.05) is 34.0 Å². The standard InChI is InChI=1S/C24H22N2O2S/c1-28-21-10-5-2-7-16(21)24-23-19(25-17-8-3-4-9-18(17)26-24)13-15(14-20(23)27)22-11-6-12-29-22/h2-12,15,24-26H,13-14H2,1H3/t15-,24+/m0/s1. The Morgan fingerprint density at radius 3 is 2.55 bits per heavy atom. The van der Waals surface area contributed by atoms with Gasteiger partial charge in [-0.2, -0.15) is 0 Å². The summed E-state index contributed by atoms with van der Waals surface area (Å²) >= 11 is 1.73. The third-order valence-corrected chi connectivity index (χ3v) is 6.74. The summed E-state index contributed by atoms with van der Waals surface area (Å²) in [5.74, 6) is 1.19. The Kier molecular flexibility index (Phi) is 4.60. The predicted octanol–water partition coefficient (Wildman–Crippen LogP) is 5.74. The number of para-hydroxylation sites is 3. The number of hydrogen-bond donors (Lipinski definition) is 2. The van der Waals surface area contributed by atoms with Crippen molar-refractivity contribution in [2.24, 2.45) is 0 Å².